The van der Waals surface area contributed by atoms with Crippen molar-refractivity contribution in [2.75, 3.05) is 0 Å². The molecule has 2 rings (SSSR count). The van der Waals surface area contributed by atoms with E-state index in [9.17, 15) is 0 Å². The molecule has 0 N–H and O–H groups in total. The molecule has 1 aromatic carbocycles. The zero-order chi connectivity index (χ0) is 8.55. The van der Waals surface area contributed by atoms with Gasteiger partial charge >= 0.3 is 0 Å². The summed E-state index contributed by atoms with van der Waals surface area (Å²) in [5, 5.41) is 2.46. The van der Waals surface area contributed by atoms with Gasteiger partial charge in [0.05, 0.1) is 0 Å². The Morgan fingerprint density at radius 3 is 2.92 bits per heavy atom. The van der Waals surface area contributed by atoms with Gasteiger partial charge in [-0.05, 0) is 34.9 Å². The molecule has 0 nitrogen and oxygen atoms in total. The second-order valence-corrected chi connectivity index (χ2v) is 3.23. The van der Waals surface area contributed by atoms with E-state index in [0.717, 1.165) is 11.6 Å². The normalized spacial score (nSPS) is 13.8. The minimum atomic E-state index is 1.06. The maximum Gasteiger partial charge on any atom is -0.00855 e. The Labute approximate surface area is 72.5 Å². The molecule has 0 atom stereocenters. The summed E-state index contributed by atoms with van der Waals surface area (Å²) in [5.41, 5.74) is 2.81. The molecule has 1 aliphatic carbocycles. The first-order valence-corrected chi connectivity index (χ1v) is 4.23. The van der Waals surface area contributed by atoms with Crippen LogP contribution in [0.2, 0.25) is 0 Å². The topological polar surface area (TPSA) is 0 Å². The van der Waals surface area contributed by atoms with Crippen LogP contribution >= 0.6 is 0 Å². The average Bonchev–Trinajstić information content (AvgIpc) is 2.12. The van der Waals surface area contributed by atoms with E-state index >= 15 is 0 Å². The number of rotatable bonds is 0. The Kier molecular flexibility index (Phi) is 1.61. The Balaban J connectivity index is 2.90. The number of aryl methyl sites for hydroxylation is 1. The summed E-state index contributed by atoms with van der Waals surface area (Å²) < 4.78 is 0. The largest absolute Gasteiger partial charge is 0.0911 e. The summed E-state index contributed by atoms with van der Waals surface area (Å²) in [6.07, 6.45) is 7.50. The summed E-state index contributed by atoms with van der Waals surface area (Å²) in [6.45, 7) is 6.17. The molecule has 0 heterocycles. The van der Waals surface area contributed by atoms with Gasteiger partial charge in [0.15, 0.2) is 0 Å². The Morgan fingerprint density at radius 2 is 2.17 bits per heavy atom. The van der Waals surface area contributed by atoms with Crippen molar-refractivity contribution in [3.05, 3.63) is 45.8 Å². The van der Waals surface area contributed by atoms with E-state index in [1.807, 2.05) is 0 Å². The van der Waals surface area contributed by atoms with Crippen LogP contribution in [0.5, 0.6) is 0 Å². The summed E-state index contributed by atoms with van der Waals surface area (Å²) in [7, 11) is 0. The Hall–Kier alpha value is -1.30. The molecule has 0 heteroatoms. The standard InChI is InChI=1S/C12H12/c1-9-7-8-10(2)12-6-4-3-5-11(9)12/h3-5,7-8H,1,6H2,2H3. The summed E-state index contributed by atoms with van der Waals surface area (Å²) in [6, 6.07) is 4.23. The third kappa shape index (κ3) is 1.00. The summed E-state index contributed by atoms with van der Waals surface area (Å²) in [5.74, 6) is 0. The van der Waals surface area contributed by atoms with E-state index in [2.05, 4.69) is 43.9 Å². The van der Waals surface area contributed by atoms with Crippen molar-refractivity contribution in [1.29, 1.82) is 0 Å². The second kappa shape index (κ2) is 2.63. The fraction of sp³-hybridized carbons (Fsp3) is 0.167. The molecule has 0 unspecified atom stereocenters. The molecular formula is C12H12. The molecule has 1 aromatic rings. The lowest BCUT2D eigenvalue weighted by Crippen LogP contribution is -2.28. The first-order valence-electron chi connectivity index (χ1n) is 4.23. The van der Waals surface area contributed by atoms with Crippen molar-refractivity contribution in [1.82, 2.24) is 0 Å². The monoisotopic (exact) mass is 156 g/mol. The number of hydrogen-bond acceptors (Lipinski definition) is 0. The summed E-state index contributed by atoms with van der Waals surface area (Å²) in [4.78, 5) is 0. The van der Waals surface area contributed by atoms with E-state index in [-0.39, 0.29) is 0 Å². The Bertz CT molecular complexity index is 436. The second-order valence-electron chi connectivity index (χ2n) is 3.23. The van der Waals surface area contributed by atoms with E-state index < -0.39 is 0 Å². The molecule has 0 saturated carbocycles. The number of hydrogen-bond donors (Lipinski definition) is 0. The van der Waals surface area contributed by atoms with Gasteiger partial charge in [-0.3, -0.25) is 0 Å². The first-order chi connectivity index (χ1) is 5.79. The van der Waals surface area contributed by atoms with Crippen LogP contribution in [0.1, 0.15) is 11.1 Å². The molecule has 0 aromatic heterocycles. The van der Waals surface area contributed by atoms with Crippen LogP contribution in [0.3, 0.4) is 0 Å². The van der Waals surface area contributed by atoms with Gasteiger partial charge in [0.2, 0.25) is 0 Å². The van der Waals surface area contributed by atoms with Crippen LogP contribution in [0.25, 0.3) is 12.7 Å². The van der Waals surface area contributed by atoms with Crippen molar-refractivity contribution in [3.8, 4) is 0 Å². The molecule has 1 aliphatic rings. The molecular weight excluding hydrogens is 144 g/mol. The fourth-order valence-electron chi connectivity index (χ4n) is 1.65. The molecule has 12 heavy (non-hydrogen) atoms. The molecule has 0 aliphatic heterocycles. The zero-order valence-corrected chi connectivity index (χ0v) is 7.30. The molecule has 0 saturated heterocycles. The maximum absolute atomic E-state index is 4.01. The van der Waals surface area contributed by atoms with Gasteiger partial charge in [0, 0.05) is 0 Å². The lowest BCUT2D eigenvalue weighted by molar-refractivity contribution is 1.16. The van der Waals surface area contributed by atoms with Gasteiger partial charge < -0.3 is 0 Å². The minimum Gasteiger partial charge on any atom is -0.0911 e. The number of allylic oxidation sites excluding steroid dienone is 2. The summed E-state index contributed by atoms with van der Waals surface area (Å²) >= 11 is 0. The van der Waals surface area contributed by atoms with E-state index in [4.69, 9.17) is 0 Å². The van der Waals surface area contributed by atoms with E-state index in [1.54, 1.807) is 0 Å². The fourth-order valence-corrected chi connectivity index (χ4v) is 1.65. The minimum absolute atomic E-state index is 1.06. The van der Waals surface area contributed by atoms with Crippen LogP contribution < -0.4 is 10.4 Å². The van der Waals surface area contributed by atoms with Gasteiger partial charge in [0.25, 0.3) is 0 Å². The maximum atomic E-state index is 4.01. The van der Waals surface area contributed by atoms with Crippen molar-refractivity contribution in [3.63, 3.8) is 0 Å². The van der Waals surface area contributed by atoms with Gasteiger partial charge in [-0.2, -0.15) is 0 Å². The molecule has 0 amide bonds. The van der Waals surface area contributed by atoms with Crippen molar-refractivity contribution < 1.29 is 0 Å². The van der Waals surface area contributed by atoms with Gasteiger partial charge in [-0.15, -0.1) is 0 Å². The van der Waals surface area contributed by atoms with Crippen LogP contribution in [-0.4, -0.2) is 0 Å². The third-order valence-corrected chi connectivity index (χ3v) is 2.40. The highest BCUT2D eigenvalue weighted by molar-refractivity contribution is 5.47. The molecule has 0 bridgehead atoms. The number of fused-ring (bicyclic) bond motifs is 1. The smallest absolute Gasteiger partial charge is 0.00855 e. The zero-order valence-electron chi connectivity index (χ0n) is 7.30. The van der Waals surface area contributed by atoms with Crippen LogP contribution in [-0.2, 0) is 6.42 Å². The van der Waals surface area contributed by atoms with Crippen molar-refractivity contribution >= 4 is 12.7 Å². The van der Waals surface area contributed by atoms with Crippen molar-refractivity contribution in [2.24, 2.45) is 0 Å². The molecule has 0 spiro atoms. The lowest BCUT2D eigenvalue weighted by atomic mass is 9.98. The molecule has 0 radical (unpaired) electrons. The van der Waals surface area contributed by atoms with Gasteiger partial charge in [0.1, 0.15) is 0 Å². The highest BCUT2D eigenvalue weighted by atomic mass is 14.0. The SMILES string of the molecule is C=c1ccc(C)c2c1=CC=CC2. The van der Waals surface area contributed by atoms with Crippen LogP contribution in [0.15, 0.2) is 24.3 Å². The van der Waals surface area contributed by atoms with Crippen LogP contribution in [0, 0.1) is 6.92 Å². The predicted molar refractivity (Wildman–Crippen MR) is 53.3 cm³/mol. The number of benzene rings is 1. The lowest BCUT2D eigenvalue weighted by Gasteiger charge is -2.07. The van der Waals surface area contributed by atoms with E-state index in [0.29, 0.717) is 0 Å². The quantitative estimate of drug-likeness (QED) is 0.531. The third-order valence-electron chi connectivity index (χ3n) is 2.40. The van der Waals surface area contributed by atoms with Gasteiger partial charge in [-0.1, -0.05) is 36.9 Å². The molecule has 0 fully saturated rings. The van der Waals surface area contributed by atoms with E-state index in [1.165, 1.54) is 16.3 Å². The van der Waals surface area contributed by atoms with Crippen molar-refractivity contribution in [2.45, 2.75) is 13.3 Å². The first kappa shape index (κ1) is 7.35. The average molecular weight is 156 g/mol. The highest BCUT2D eigenvalue weighted by Crippen LogP contribution is 2.04. The Morgan fingerprint density at radius 1 is 1.33 bits per heavy atom. The van der Waals surface area contributed by atoms with Gasteiger partial charge in [-0.25, -0.2) is 0 Å². The predicted octanol–water partition coefficient (Wildman–Crippen LogP) is 1.30. The molecule has 60 valence electrons. The van der Waals surface area contributed by atoms with Crippen LogP contribution in [0.4, 0.5) is 0 Å². The highest BCUT2D eigenvalue weighted by Gasteiger charge is 2.00.